The number of carboxylic acid groups (broad SMARTS) is 1. The standard InChI is InChI=1S/C15H18O4/c16-15(17)8-7-12-4-1-2-5-13(12)10-18-11-14-6-3-9-19-14/h1-2,4-5,7-8,14H,3,6,9-11H2,(H,16,17)/b8-7+. The largest absolute Gasteiger partial charge is 0.478 e. The van der Waals surface area contributed by atoms with Crippen LogP contribution in [0.15, 0.2) is 30.3 Å². The molecule has 1 heterocycles. The number of carboxylic acids is 1. The maximum atomic E-state index is 10.5. The third-order valence-corrected chi connectivity index (χ3v) is 3.05. The van der Waals surface area contributed by atoms with Crippen LogP contribution < -0.4 is 0 Å². The van der Waals surface area contributed by atoms with Crippen molar-refractivity contribution in [2.24, 2.45) is 0 Å². The number of aliphatic carboxylic acids is 1. The predicted molar refractivity (Wildman–Crippen MR) is 71.7 cm³/mol. The molecule has 0 aliphatic carbocycles. The minimum Gasteiger partial charge on any atom is -0.478 e. The summed E-state index contributed by atoms with van der Waals surface area (Å²) in [6, 6.07) is 7.62. The molecule has 2 rings (SSSR count). The fraction of sp³-hybridized carbons (Fsp3) is 0.400. The molecule has 1 fully saturated rings. The minimum absolute atomic E-state index is 0.210. The molecule has 1 N–H and O–H groups in total. The van der Waals surface area contributed by atoms with Gasteiger partial charge in [0.1, 0.15) is 0 Å². The van der Waals surface area contributed by atoms with Crippen LogP contribution in [0, 0.1) is 0 Å². The topological polar surface area (TPSA) is 55.8 Å². The van der Waals surface area contributed by atoms with Crippen LogP contribution in [-0.4, -0.2) is 30.4 Å². The Morgan fingerprint density at radius 2 is 2.32 bits per heavy atom. The molecule has 1 aliphatic rings. The number of benzene rings is 1. The van der Waals surface area contributed by atoms with Crippen molar-refractivity contribution in [2.45, 2.75) is 25.6 Å². The Balaban J connectivity index is 1.89. The van der Waals surface area contributed by atoms with Crippen molar-refractivity contribution in [3.63, 3.8) is 0 Å². The van der Waals surface area contributed by atoms with Crippen molar-refractivity contribution >= 4 is 12.0 Å². The Hall–Kier alpha value is -1.65. The van der Waals surface area contributed by atoms with E-state index < -0.39 is 5.97 Å². The molecule has 19 heavy (non-hydrogen) atoms. The van der Waals surface area contributed by atoms with E-state index in [1.165, 1.54) is 0 Å². The molecule has 1 unspecified atom stereocenters. The van der Waals surface area contributed by atoms with Gasteiger partial charge in [-0.1, -0.05) is 24.3 Å². The van der Waals surface area contributed by atoms with E-state index in [1.807, 2.05) is 24.3 Å². The van der Waals surface area contributed by atoms with E-state index in [0.717, 1.165) is 36.7 Å². The van der Waals surface area contributed by atoms with Gasteiger partial charge in [0.05, 0.1) is 19.3 Å². The highest BCUT2D eigenvalue weighted by Gasteiger charge is 2.15. The molecule has 0 bridgehead atoms. The monoisotopic (exact) mass is 262 g/mol. The third-order valence-electron chi connectivity index (χ3n) is 3.05. The molecule has 1 atom stereocenters. The van der Waals surface area contributed by atoms with Gasteiger partial charge in [-0.15, -0.1) is 0 Å². The van der Waals surface area contributed by atoms with Gasteiger partial charge in [0, 0.05) is 12.7 Å². The maximum absolute atomic E-state index is 10.5. The lowest BCUT2D eigenvalue weighted by Gasteiger charge is -2.11. The van der Waals surface area contributed by atoms with Gasteiger partial charge in [-0.05, 0) is 30.0 Å². The Bertz CT molecular complexity index is 447. The van der Waals surface area contributed by atoms with E-state index in [2.05, 4.69) is 0 Å². The number of hydrogen-bond donors (Lipinski definition) is 1. The van der Waals surface area contributed by atoms with Crippen LogP contribution in [0.2, 0.25) is 0 Å². The fourth-order valence-electron chi connectivity index (χ4n) is 2.07. The van der Waals surface area contributed by atoms with Crippen LogP contribution in [0.5, 0.6) is 0 Å². The fourth-order valence-corrected chi connectivity index (χ4v) is 2.07. The Labute approximate surface area is 112 Å². The first-order chi connectivity index (χ1) is 9.25. The Kier molecular flexibility index (Phi) is 5.12. The quantitative estimate of drug-likeness (QED) is 0.800. The molecule has 4 heteroatoms. The molecule has 0 radical (unpaired) electrons. The molecule has 1 aromatic carbocycles. The van der Waals surface area contributed by atoms with Gasteiger partial charge in [-0.25, -0.2) is 4.79 Å². The molecule has 0 aromatic heterocycles. The lowest BCUT2D eigenvalue weighted by molar-refractivity contribution is -0.131. The third kappa shape index (κ3) is 4.50. The smallest absolute Gasteiger partial charge is 0.328 e. The highest BCUT2D eigenvalue weighted by atomic mass is 16.5. The predicted octanol–water partition coefficient (Wildman–Crippen LogP) is 2.48. The number of rotatable bonds is 6. The van der Waals surface area contributed by atoms with Crippen LogP contribution in [-0.2, 0) is 20.9 Å². The average Bonchev–Trinajstić information content (AvgIpc) is 2.91. The van der Waals surface area contributed by atoms with Crippen molar-refractivity contribution in [1.82, 2.24) is 0 Å². The van der Waals surface area contributed by atoms with E-state index >= 15 is 0 Å². The van der Waals surface area contributed by atoms with Gasteiger partial charge < -0.3 is 14.6 Å². The Morgan fingerprint density at radius 3 is 3.05 bits per heavy atom. The highest BCUT2D eigenvalue weighted by Crippen LogP contribution is 2.15. The zero-order valence-electron chi connectivity index (χ0n) is 10.7. The molecule has 102 valence electrons. The average molecular weight is 262 g/mol. The summed E-state index contributed by atoms with van der Waals surface area (Å²) in [5, 5.41) is 8.65. The van der Waals surface area contributed by atoms with Gasteiger partial charge in [-0.3, -0.25) is 0 Å². The summed E-state index contributed by atoms with van der Waals surface area (Å²) in [5.41, 5.74) is 1.86. The number of hydrogen-bond acceptors (Lipinski definition) is 3. The molecule has 1 aromatic rings. The summed E-state index contributed by atoms with van der Waals surface area (Å²) >= 11 is 0. The van der Waals surface area contributed by atoms with Crippen molar-refractivity contribution in [2.75, 3.05) is 13.2 Å². The van der Waals surface area contributed by atoms with Crippen LogP contribution in [0.25, 0.3) is 6.08 Å². The van der Waals surface area contributed by atoms with Gasteiger partial charge >= 0.3 is 5.97 Å². The number of ether oxygens (including phenoxy) is 2. The van der Waals surface area contributed by atoms with Gasteiger partial charge in [0.2, 0.25) is 0 Å². The molecule has 0 amide bonds. The van der Waals surface area contributed by atoms with E-state index in [4.69, 9.17) is 14.6 Å². The lowest BCUT2D eigenvalue weighted by atomic mass is 10.1. The van der Waals surface area contributed by atoms with E-state index in [1.54, 1.807) is 6.08 Å². The normalized spacial score (nSPS) is 19.1. The molecule has 0 spiro atoms. The van der Waals surface area contributed by atoms with Gasteiger partial charge in [0.15, 0.2) is 0 Å². The van der Waals surface area contributed by atoms with Crippen molar-refractivity contribution in [1.29, 1.82) is 0 Å². The second-order valence-electron chi connectivity index (χ2n) is 4.52. The SMILES string of the molecule is O=C(O)/C=C/c1ccccc1COCC1CCCO1. The van der Waals surface area contributed by atoms with Crippen LogP contribution in [0.3, 0.4) is 0 Å². The summed E-state index contributed by atoms with van der Waals surface area (Å²) in [4.78, 5) is 10.5. The molecule has 1 aliphatic heterocycles. The van der Waals surface area contributed by atoms with Crippen molar-refractivity contribution in [3.05, 3.63) is 41.5 Å². The van der Waals surface area contributed by atoms with Crippen LogP contribution in [0.4, 0.5) is 0 Å². The molecule has 0 saturated carbocycles. The van der Waals surface area contributed by atoms with Crippen molar-refractivity contribution < 1.29 is 19.4 Å². The van der Waals surface area contributed by atoms with Crippen LogP contribution >= 0.6 is 0 Å². The molecular weight excluding hydrogens is 244 g/mol. The second-order valence-corrected chi connectivity index (χ2v) is 4.52. The highest BCUT2D eigenvalue weighted by molar-refractivity contribution is 5.85. The van der Waals surface area contributed by atoms with Crippen molar-refractivity contribution in [3.8, 4) is 0 Å². The van der Waals surface area contributed by atoms with Gasteiger partial charge in [0.25, 0.3) is 0 Å². The maximum Gasteiger partial charge on any atom is 0.328 e. The summed E-state index contributed by atoms with van der Waals surface area (Å²) in [7, 11) is 0. The molecule has 1 saturated heterocycles. The second kappa shape index (κ2) is 7.07. The van der Waals surface area contributed by atoms with E-state index in [0.29, 0.717) is 13.2 Å². The van der Waals surface area contributed by atoms with Gasteiger partial charge in [-0.2, -0.15) is 0 Å². The summed E-state index contributed by atoms with van der Waals surface area (Å²) < 4.78 is 11.1. The van der Waals surface area contributed by atoms with E-state index in [9.17, 15) is 4.79 Å². The minimum atomic E-state index is -0.949. The zero-order valence-corrected chi connectivity index (χ0v) is 10.7. The first-order valence-electron chi connectivity index (χ1n) is 6.44. The van der Waals surface area contributed by atoms with E-state index in [-0.39, 0.29) is 6.10 Å². The summed E-state index contributed by atoms with van der Waals surface area (Å²) in [5.74, 6) is -0.949. The summed E-state index contributed by atoms with van der Waals surface area (Å²) in [6.45, 7) is 1.89. The lowest BCUT2D eigenvalue weighted by Crippen LogP contribution is -2.14. The Morgan fingerprint density at radius 1 is 1.47 bits per heavy atom. The first-order valence-corrected chi connectivity index (χ1v) is 6.44. The first kappa shape index (κ1) is 13.8. The zero-order chi connectivity index (χ0) is 13.5. The molecule has 4 nitrogen and oxygen atoms in total. The van der Waals surface area contributed by atoms with Crippen LogP contribution in [0.1, 0.15) is 24.0 Å². The molecular formula is C15H18O4. The summed E-state index contributed by atoms with van der Waals surface area (Å²) in [6.07, 6.45) is 5.10. The number of carbonyl (C=O) groups is 1.